The lowest BCUT2D eigenvalue weighted by Gasteiger charge is -2.33. The Hall–Kier alpha value is -2.90. The number of phenols is 1. The summed E-state index contributed by atoms with van der Waals surface area (Å²) in [7, 11) is 0. The van der Waals surface area contributed by atoms with Crippen LogP contribution in [-0.2, 0) is 19.1 Å². The molecule has 0 aliphatic carbocycles. The van der Waals surface area contributed by atoms with Crippen molar-refractivity contribution in [3.05, 3.63) is 23.8 Å². The van der Waals surface area contributed by atoms with Gasteiger partial charge in [-0.2, -0.15) is 0 Å². The number of carbonyl (C=O) groups is 4. The fourth-order valence-corrected chi connectivity index (χ4v) is 2.62. The molecule has 1 unspecified atom stereocenters. The molecule has 0 aliphatic heterocycles. The van der Waals surface area contributed by atoms with Gasteiger partial charge >= 0.3 is 5.97 Å². The second-order valence-corrected chi connectivity index (χ2v) is 6.42. The Balaban J connectivity index is 0.00000379. The number of amides is 2. The number of hydrogen-bond acceptors (Lipinski definition) is 6. The number of Topliss-reactive ketones (excluding diaryl/α,β-unsaturated/α-hetero) is 1. The molecule has 0 bridgehead atoms. The summed E-state index contributed by atoms with van der Waals surface area (Å²) < 4.78 is 4.91. The lowest BCUT2D eigenvalue weighted by Crippen LogP contribution is -2.52. The van der Waals surface area contributed by atoms with E-state index in [4.69, 9.17) is 4.74 Å². The number of phenolic OH excluding ortho intramolecular Hbond substituents is 1. The number of nitrogens with zero attached hydrogens (tertiary/aromatic N) is 1. The summed E-state index contributed by atoms with van der Waals surface area (Å²) in [6, 6.07) is 3.11. The average molecular weight is 408 g/mol. The van der Waals surface area contributed by atoms with Gasteiger partial charge in [0.25, 0.3) is 0 Å². The first kappa shape index (κ1) is 26.1. The number of ether oxygens (including phenoxy) is 1. The number of anilines is 1. The summed E-state index contributed by atoms with van der Waals surface area (Å²) in [5.74, 6) is -2.42. The van der Waals surface area contributed by atoms with E-state index < -0.39 is 23.8 Å². The molecule has 1 atom stereocenters. The maximum absolute atomic E-state index is 12.6. The number of benzene rings is 1. The Kier molecular flexibility index (Phi) is 11.3. The third-order valence-electron chi connectivity index (χ3n) is 3.78. The second-order valence-electron chi connectivity index (χ2n) is 6.42. The van der Waals surface area contributed by atoms with E-state index in [1.807, 2.05) is 13.8 Å². The lowest BCUT2D eigenvalue weighted by atomic mass is 9.99. The van der Waals surface area contributed by atoms with Gasteiger partial charge in [0, 0.05) is 12.6 Å². The molecule has 1 aromatic rings. The van der Waals surface area contributed by atoms with Crippen LogP contribution in [0.15, 0.2) is 18.2 Å². The highest BCUT2D eigenvalue weighted by molar-refractivity contribution is 6.02. The van der Waals surface area contributed by atoms with Gasteiger partial charge < -0.3 is 15.2 Å². The Morgan fingerprint density at radius 3 is 2.17 bits per heavy atom. The number of rotatable bonds is 8. The molecule has 0 aromatic heterocycles. The molecule has 29 heavy (non-hydrogen) atoms. The first-order valence-corrected chi connectivity index (χ1v) is 9.67. The number of carbonyl (C=O) groups excluding carboxylic acids is 4. The van der Waals surface area contributed by atoms with Crippen molar-refractivity contribution in [1.82, 2.24) is 5.32 Å². The van der Waals surface area contributed by atoms with Crippen LogP contribution in [0.5, 0.6) is 5.75 Å². The molecule has 0 fully saturated rings. The van der Waals surface area contributed by atoms with E-state index in [1.54, 1.807) is 20.8 Å². The zero-order valence-corrected chi connectivity index (χ0v) is 18.2. The number of hydrogen-bond donors (Lipinski definition) is 2. The summed E-state index contributed by atoms with van der Waals surface area (Å²) in [6.45, 7) is 11.8. The molecule has 1 aromatic carbocycles. The van der Waals surface area contributed by atoms with Crippen molar-refractivity contribution >= 4 is 29.3 Å². The quantitative estimate of drug-likeness (QED) is 0.640. The Morgan fingerprint density at radius 2 is 1.72 bits per heavy atom. The Morgan fingerprint density at radius 1 is 1.14 bits per heavy atom. The summed E-state index contributed by atoms with van der Waals surface area (Å²) in [5.41, 5.74) is 0.160. The number of ketones is 1. The van der Waals surface area contributed by atoms with E-state index in [0.717, 1.165) is 0 Å². The summed E-state index contributed by atoms with van der Waals surface area (Å²) >= 11 is 0. The molecule has 0 spiro atoms. The zero-order valence-electron chi connectivity index (χ0n) is 18.2. The van der Waals surface area contributed by atoms with Crippen molar-refractivity contribution in [2.45, 2.75) is 54.5 Å². The van der Waals surface area contributed by atoms with E-state index in [1.165, 1.54) is 36.9 Å². The first-order valence-electron chi connectivity index (χ1n) is 9.67. The molecule has 8 heteroatoms. The summed E-state index contributed by atoms with van der Waals surface area (Å²) in [5, 5.41) is 12.4. The molecule has 0 aliphatic rings. The second kappa shape index (κ2) is 12.5. The van der Waals surface area contributed by atoms with E-state index in [0.29, 0.717) is 0 Å². The minimum Gasteiger partial charge on any atom is -0.507 e. The van der Waals surface area contributed by atoms with Gasteiger partial charge in [-0.1, -0.05) is 27.7 Å². The molecular formula is C21H32N2O6. The van der Waals surface area contributed by atoms with Crippen molar-refractivity contribution < 1.29 is 29.0 Å². The fraction of sp³-hybridized carbons (Fsp3) is 0.524. The standard InChI is InChI=1S/C19H26N2O6.C2H6/c1-6-27-19(26)15-9-14(7-8-16(15)24)21(13(5)23)17(11(2)3)18(25)20-10-12(4)22;1-2/h7-9,11,17,24H,6,10H2,1-5H3,(H,20,25);1-2H3. The molecule has 0 saturated carbocycles. The zero-order chi connectivity index (χ0) is 22.7. The van der Waals surface area contributed by atoms with Gasteiger partial charge in [0.1, 0.15) is 23.1 Å². The number of esters is 1. The molecule has 2 amide bonds. The Bertz CT molecular complexity index is 730. The van der Waals surface area contributed by atoms with Crippen molar-refractivity contribution in [1.29, 1.82) is 0 Å². The van der Waals surface area contributed by atoms with Crippen molar-refractivity contribution in [3.63, 3.8) is 0 Å². The third-order valence-corrected chi connectivity index (χ3v) is 3.78. The van der Waals surface area contributed by atoms with Gasteiger partial charge in [-0.15, -0.1) is 0 Å². The molecule has 8 nitrogen and oxygen atoms in total. The summed E-state index contributed by atoms with van der Waals surface area (Å²) in [4.78, 5) is 49.3. The highest BCUT2D eigenvalue weighted by Gasteiger charge is 2.32. The number of nitrogens with one attached hydrogen (secondary N) is 1. The van der Waals surface area contributed by atoms with E-state index >= 15 is 0 Å². The topological polar surface area (TPSA) is 113 Å². The van der Waals surface area contributed by atoms with Crippen molar-refractivity contribution in [3.8, 4) is 5.75 Å². The molecule has 0 radical (unpaired) electrons. The van der Waals surface area contributed by atoms with E-state index in [9.17, 15) is 24.3 Å². The van der Waals surface area contributed by atoms with Gasteiger partial charge in [0.2, 0.25) is 11.8 Å². The molecule has 2 N–H and O–H groups in total. The van der Waals surface area contributed by atoms with Gasteiger partial charge in [-0.25, -0.2) is 4.79 Å². The maximum atomic E-state index is 12.6. The maximum Gasteiger partial charge on any atom is 0.341 e. The fourth-order valence-electron chi connectivity index (χ4n) is 2.62. The van der Waals surface area contributed by atoms with Crippen LogP contribution in [-0.4, -0.2) is 47.9 Å². The summed E-state index contributed by atoms with van der Waals surface area (Å²) in [6.07, 6.45) is 0. The van der Waals surface area contributed by atoms with Gasteiger partial charge in [-0.3, -0.25) is 19.3 Å². The van der Waals surface area contributed by atoms with Crippen LogP contribution in [0.3, 0.4) is 0 Å². The molecule has 0 heterocycles. The number of aromatic hydroxyl groups is 1. The molecular weight excluding hydrogens is 376 g/mol. The van der Waals surface area contributed by atoms with Gasteiger partial charge in [0.15, 0.2) is 0 Å². The highest BCUT2D eigenvalue weighted by atomic mass is 16.5. The van der Waals surface area contributed by atoms with Crippen LogP contribution >= 0.6 is 0 Å². The highest BCUT2D eigenvalue weighted by Crippen LogP contribution is 2.28. The van der Waals surface area contributed by atoms with Gasteiger partial charge in [-0.05, 0) is 38.0 Å². The minimum atomic E-state index is -0.901. The normalized spacial score (nSPS) is 11.0. The van der Waals surface area contributed by atoms with Crippen LogP contribution in [0.4, 0.5) is 5.69 Å². The van der Waals surface area contributed by atoms with Crippen LogP contribution in [0.1, 0.15) is 58.8 Å². The predicted octanol–water partition coefficient (Wildman–Crippen LogP) is 2.68. The largest absolute Gasteiger partial charge is 0.507 e. The predicted molar refractivity (Wildman–Crippen MR) is 111 cm³/mol. The van der Waals surface area contributed by atoms with Crippen LogP contribution < -0.4 is 10.2 Å². The smallest absolute Gasteiger partial charge is 0.341 e. The molecule has 0 saturated heterocycles. The van der Waals surface area contributed by atoms with Crippen LogP contribution in [0, 0.1) is 5.92 Å². The third kappa shape index (κ3) is 7.56. The minimum absolute atomic E-state index is 0.104. The Labute approximate surface area is 172 Å². The monoisotopic (exact) mass is 408 g/mol. The SMILES string of the molecule is CC.CCOC(=O)c1cc(N(C(C)=O)C(C(=O)NCC(C)=O)C(C)C)ccc1O. The average Bonchev–Trinajstić information content (AvgIpc) is 2.65. The van der Waals surface area contributed by atoms with Gasteiger partial charge in [0.05, 0.1) is 13.2 Å². The van der Waals surface area contributed by atoms with Crippen molar-refractivity contribution in [2.24, 2.45) is 5.92 Å². The van der Waals surface area contributed by atoms with Crippen LogP contribution in [0.25, 0.3) is 0 Å². The molecule has 1 rings (SSSR count). The lowest BCUT2D eigenvalue weighted by molar-refractivity contribution is -0.128. The van der Waals surface area contributed by atoms with E-state index in [2.05, 4.69) is 5.32 Å². The first-order chi connectivity index (χ1) is 13.6. The van der Waals surface area contributed by atoms with Crippen LogP contribution in [0.2, 0.25) is 0 Å². The van der Waals surface area contributed by atoms with E-state index in [-0.39, 0.29) is 41.9 Å². The molecule has 162 valence electrons. The van der Waals surface area contributed by atoms with Crippen molar-refractivity contribution in [2.75, 3.05) is 18.1 Å².